The molecule has 0 heterocycles. The molecule has 1 nitrogen and oxygen atoms in total. The molecule has 140 valence electrons. The highest BCUT2D eigenvalue weighted by atomic mass is 16.5. The van der Waals surface area contributed by atoms with Crippen LogP contribution in [-0.4, -0.2) is 0 Å². The Labute approximate surface area is 167 Å². The number of hydrogen-bond donors (Lipinski definition) is 0. The molecular weight excluding hydrogens is 340 g/mol. The molecule has 0 aromatic heterocycles. The van der Waals surface area contributed by atoms with Crippen LogP contribution in [0.5, 0.6) is 5.75 Å². The molecule has 2 aromatic carbocycles. The minimum Gasteiger partial charge on any atom is -0.462 e. The Kier molecular flexibility index (Phi) is 4.12. The standard InChI is InChI=1S/C27H26O/c1-27(2)25-14-7-6-13-23(25)24-16-15-20(18-26(24)27)19-9-8-12-22(17-19)28-21-10-4-3-5-11-21/h3-4,6-10,12-14,17-18H,5,11,15-16H2,1-2H3. The first kappa shape index (κ1) is 17.3. The van der Waals surface area contributed by atoms with E-state index in [1.54, 1.807) is 0 Å². The minimum absolute atomic E-state index is 0.0744. The van der Waals surface area contributed by atoms with Crippen molar-refractivity contribution in [3.8, 4) is 5.75 Å². The normalized spacial score (nSPS) is 19.6. The molecule has 0 saturated heterocycles. The molecule has 0 radical (unpaired) electrons. The zero-order valence-electron chi connectivity index (χ0n) is 16.7. The number of benzene rings is 2. The Balaban J connectivity index is 1.48. The molecular formula is C27H26O. The fourth-order valence-electron chi connectivity index (χ4n) is 4.81. The first-order valence-corrected chi connectivity index (χ1v) is 10.3. The number of fused-ring (bicyclic) bond motifs is 2. The molecule has 5 rings (SSSR count). The van der Waals surface area contributed by atoms with Gasteiger partial charge >= 0.3 is 0 Å². The van der Waals surface area contributed by atoms with Crippen LogP contribution in [0, 0.1) is 0 Å². The highest BCUT2D eigenvalue weighted by molar-refractivity contribution is 5.88. The van der Waals surface area contributed by atoms with E-state index in [1.807, 2.05) is 0 Å². The molecule has 0 amide bonds. The molecule has 3 aliphatic rings. The van der Waals surface area contributed by atoms with Gasteiger partial charge in [-0.25, -0.2) is 0 Å². The van der Waals surface area contributed by atoms with Gasteiger partial charge in [-0.05, 0) is 70.9 Å². The Morgan fingerprint density at radius 3 is 2.68 bits per heavy atom. The maximum atomic E-state index is 6.14. The van der Waals surface area contributed by atoms with Gasteiger partial charge in [0.15, 0.2) is 0 Å². The highest BCUT2D eigenvalue weighted by Gasteiger charge is 2.37. The van der Waals surface area contributed by atoms with Crippen LogP contribution in [0.1, 0.15) is 56.2 Å². The third-order valence-electron chi connectivity index (χ3n) is 6.32. The molecule has 0 unspecified atom stereocenters. The van der Waals surface area contributed by atoms with E-state index in [9.17, 15) is 0 Å². The SMILES string of the molecule is CC1(C)C2=C(CCC(c3cccc(OC4=CC=CCC4)c3)=C2)c2ccccc21. The molecule has 0 aliphatic heterocycles. The fraction of sp³-hybridized carbons (Fsp3) is 0.259. The first-order valence-electron chi connectivity index (χ1n) is 10.3. The molecule has 1 heteroatoms. The summed E-state index contributed by atoms with van der Waals surface area (Å²) in [7, 11) is 0. The van der Waals surface area contributed by atoms with Crippen molar-refractivity contribution < 1.29 is 4.74 Å². The summed E-state index contributed by atoms with van der Waals surface area (Å²) in [4.78, 5) is 0. The Morgan fingerprint density at radius 1 is 0.929 bits per heavy atom. The summed E-state index contributed by atoms with van der Waals surface area (Å²) in [5.74, 6) is 1.99. The summed E-state index contributed by atoms with van der Waals surface area (Å²) in [6.45, 7) is 4.71. The van der Waals surface area contributed by atoms with Gasteiger partial charge in [0.25, 0.3) is 0 Å². The quantitative estimate of drug-likeness (QED) is 0.557. The second kappa shape index (κ2) is 6.67. The Morgan fingerprint density at radius 2 is 1.82 bits per heavy atom. The van der Waals surface area contributed by atoms with Gasteiger partial charge in [0.2, 0.25) is 0 Å². The van der Waals surface area contributed by atoms with Crippen LogP contribution in [0.3, 0.4) is 0 Å². The smallest absolute Gasteiger partial charge is 0.127 e. The Hall–Kier alpha value is -2.80. The van der Waals surface area contributed by atoms with Crippen molar-refractivity contribution in [1.82, 2.24) is 0 Å². The van der Waals surface area contributed by atoms with Crippen molar-refractivity contribution in [2.45, 2.75) is 44.9 Å². The van der Waals surface area contributed by atoms with Gasteiger partial charge in [0.1, 0.15) is 11.5 Å². The van der Waals surface area contributed by atoms with E-state index in [-0.39, 0.29) is 5.41 Å². The summed E-state index contributed by atoms with van der Waals surface area (Å²) in [5.41, 5.74) is 8.71. The van der Waals surface area contributed by atoms with Gasteiger partial charge in [-0.1, -0.05) is 68.5 Å². The minimum atomic E-state index is 0.0744. The van der Waals surface area contributed by atoms with Crippen molar-refractivity contribution in [2.24, 2.45) is 0 Å². The van der Waals surface area contributed by atoms with Gasteiger partial charge in [-0.15, -0.1) is 0 Å². The lowest BCUT2D eigenvalue weighted by Crippen LogP contribution is -2.17. The van der Waals surface area contributed by atoms with Crippen LogP contribution in [0.4, 0.5) is 0 Å². The number of hydrogen-bond acceptors (Lipinski definition) is 1. The summed E-state index contributed by atoms with van der Waals surface area (Å²) in [5, 5.41) is 0. The fourth-order valence-corrected chi connectivity index (χ4v) is 4.81. The molecule has 28 heavy (non-hydrogen) atoms. The molecule has 0 atom stereocenters. The third kappa shape index (κ3) is 2.86. The summed E-state index contributed by atoms with van der Waals surface area (Å²) >= 11 is 0. The van der Waals surface area contributed by atoms with Gasteiger partial charge < -0.3 is 4.74 Å². The van der Waals surface area contributed by atoms with E-state index in [0.717, 1.165) is 37.2 Å². The van der Waals surface area contributed by atoms with E-state index < -0.39 is 0 Å². The highest BCUT2D eigenvalue weighted by Crippen LogP contribution is 2.51. The average Bonchev–Trinajstić information content (AvgIpc) is 2.96. The summed E-state index contributed by atoms with van der Waals surface area (Å²) < 4.78 is 6.14. The van der Waals surface area contributed by atoms with Gasteiger partial charge in [0.05, 0.1) is 0 Å². The van der Waals surface area contributed by atoms with Gasteiger partial charge in [-0.2, -0.15) is 0 Å². The maximum Gasteiger partial charge on any atom is 0.127 e. The topological polar surface area (TPSA) is 9.23 Å². The van der Waals surface area contributed by atoms with Gasteiger partial charge in [0, 0.05) is 11.8 Å². The first-order chi connectivity index (χ1) is 13.6. The lowest BCUT2D eigenvalue weighted by atomic mass is 9.78. The predicted octanol–water partition coefficient (Wildman–Crippen LogP) is 7.22. The molecule has 3 aliphatic carbocycles. The molecule has 2 aromatic rings. The van der Waals surface area contributed by atoms with Crippen LogP contribution in [-0.2, 0) is 5.41 Å². The van der Waals surface area contributed by atoms with E-state index in [0.29, 0.717) is 0 Å². The van der Waals surface area contributed by atoms with Crippen LogP contribution >= 0.6 is 0 Å². The van der Waals surface area contributed by atoms with Crippen LogP contribution in [0.2, 0.25) is 0 Å². The van der Waals surface area contributed by atoms with Crippen molar-refractivity contribution in [1.29, 1.82) is 0 Å². The molecule has 0 N–H and O–H groups in total. The second-order valence-corrected chi connectivity index (χ2v) is 8.46. The Bertz CT molecular complexity index is 1060. The van der Waals surface area contributed by atoms with Crippen LogP contribution in [0.15, 0.2) is 84.2 Å². The largest absolute Gasteiger partial charge is 0.462 e. The van der Waals surface area contributed by atoms with Crippen molar-refractivity contribution in [3.05, 3.63) is 101 Å². The monoisotopic (exact) mass is 366 g/mol. The average molecular weight is 367 g/mol. The zero-order chi connectivity index (χ0) is 19.1. The van der Waals surface area contributed by atoms with Crippen molar-refractivity contribution >= 4 is 11.1 Å². The summed E-state index contributed by atoms with van der Waals surface area (Å²) in [6, 6.07) is 17.5. The van der Waals surface area contributed by atoms with E-state index in [1.165, 1.54) is 33.4 Å². The van der Waals surface area contributed by atoms with E-state index in [4.69, 9.17) is 4.74 Å². The number of allylic oxidation sites excluding steroid dienone is 8. The van der Waals surface area contributed by atoms with Crippen LogP contribution in [0.25, 0.3) is 11.1 Å². The molecule has 0 fully saturated rings. The van der Waals surface area contributed by atoms with Gasteiger partial charge in [-0.3, -0.25) is 0 Å². The number of ether oxygens (including phenoxy) is 1. The lowest BCUT2D eigenvalue weighted by molar-refractivity contribution is 0.402. The third-order valence-corrected chi connectivity index (χ3v) is 6.32. The van der Waals surface area contributed by atoms with E-state index in [2.05, 4.69) is 86.7 Å². The lowest BCUT2D eigenvalue weighted by Gasteiger charge is -2.26. The van der Waals surface area contributed by atoms with E-state index >= 15 is 0 Å². The second-order valence-electron chi connectivity index (χ2n) is 8.46. The maximum absolute atomic E-state index is 6.14. The number of rotatable bonds is 3. The van der Waals surface area contributed by atoms with Crippen LogP contribution < -0.4 is 4.74 Å². The molecule has 0 spiro atoms. The van der Waals surface area contributed by atoms with Crippen molar-refractivity contribution in [3.63, 3.8) is 0 Å². The predicted molar refractivity (Wildman–Crippen MR) is 117 cm³/mol. The zero-order valence-corrected chi connectivity index (χ0v) is 16.7. The molecule has 0 bridgehead atoms. The summed E-state index contributed by atoms with van der Waals surface area (Å²) in [6.07, 6.45) is 13.0. The van der Waals surface area contributed by atoms with Crippen molar-refractivity contribution in [2.75, 3.05) is 0 Å². The molecule has 0 saturated carbocycles.